The van der Waals surface area contributed by atoms with E-state index in [1.807, 2.05) is 0 Å². The standard InChI is InChI=1S/C14H11F7N4O2/c1-6-3-8(15)9(4-7(6)10(26)22-5-13(16,17)18)25-12(27-2)23-11(24-25)14(19,20)21/h3-4H,5H2,1-2H3,(H,22,26). The number of aromatic nitrogens is 3. The number of rotatable bonds is 4. The van der Waals surface area contributed by atoms with E-state index >= 15 is 0 Å². The van der Waals surface area contributed by atoms with Crippen LogP contribution in [-0.4, -0.2) is 40.5 Å². The fourth-order valence-corrected chi connectivity index (χ4v) is 2.05. The molecule has 0 saturated carbocycles. The first-order valence-electron chi connectivity index (χ1n) is 7.07. The van der Waals surface area contributed by atoms with Gasteiger partial charge >= 0.3 is 18.4 Å². The molecule has 27 heavy (non-hydrogen) atoms. The van der Waals surface area contributed by atoms with Gasteiger partial charge in [0.05, 0.1) is 7.11 Å². The molecule has 1 N–H and O–H groups in total. The first-order chi connectivity index (χ1) is 12.3. The number of alkyl halides is 6. The molecule has 2 rings (SSSR count). The van der Waals surface area contributed by atoms with Gasteiger partial charge in [0.25, 0.3) is 11.7 Å². The molecule has 13 heteroatoms. The molecule has 0 spiro atoms. The average Bonchev–Trinajstić information content (AvgIpc) is 2.96. The van der Waals surface area contributed by atoms with E-state index in [4.69, 9.17) is 0 Å². The zero-order chi connectivity index (χ0) is 20.6. The fourth-order valence-electron chi connectivity index (χ4n) is 2.05. The molecule has 2 aromatic rings. The van der Waals surface area contributed by atoms with E-state index in [1.54, 1.807) is 5.32 Å². The Kier molecular flexibility index (Phi) is 5.33. The van der Waals surface area contributed by atoms with Crippen molar-refractivity contribution in [2.75, 3.05) is 13.7 Å². The van der Waals surface area contributed by atoms with Crippen LogP contribution in [0.25, 0.3) is 5.69 Å². The fraction of sp³-hybridized carbons (Fsp3) is 0.357. The van der Waals surface area contributed by atoms with E-state index in [0.717, 1.165) is 19.2 Å². The number of methoxy groups -OCH3 is 1. The number of carbonyl (C=O) groups is 1. The molecule has 0 radical (unpaired) electrons. The van der Waals surface area contributed by atoms with Crippen LogP contribution >= 0.6 is 0 Å². The van der Waals surface area contributed by atoms with Crippen LogP contribution in [0.5, 0.6) is 6.01 Å². The number of nitrogens with zero attached hydrogens (tertiary/aromatic N) is 3. The molecular formula is C14H11F7N4O2. The van der Waals surface area contributed by atoms with Crippen molar-refractivity contribution in [1.29, 1.82) is 0 Å². The lowest BCUT2D eigenvalue weighted by Crippen LogP contribution is -2.34. The maximum Gasteiger partial charge on any atom is 0.453 e. The first kappa shape index (κ1) is 20.5. The van der Waals surface area contributed by atoms with Gasteiger partial charge in [-0.1, -0.05) is 0 Å². The van der Waals surface area contributed by atoms with Crippen molar-refractivity contribution >= 4 is 5.91 Å². The summed E-state index contributed by atoms with van der Waals surface area (Å²) in [5.74, 6) is -3.90. The Labute approximate surface area is 146 Å². The minimum atomic E-state index is -4.95. The minimum Gasteiger partial charge on any atom is -0.467 e. The summed E-state index contributed by atoms with van der Waals surface area (Å²) in [4.78, 5) is 15.0. The highest BCUT2D eigenvalue weighted by Crippen LogP contribution is 2.30. The molecule has 1 aromatic carbocycles. The lowest BCUT2D eigenvalue weighted by Gasteiger charge is -2.12. The number of amides is 1. The summed E-state index contributed by atoms with van der Waals surface area (Å²) in [6.07, 6.45) is -9.63. The normalized spacial score (nSPS) is 12.2. The molecule has 1 aromatic heterocycles. The number of halogens is 7. The Bertz CT molecular complexity index is 858. The van der Waals surface area contributed by atoms with Crippen molar-refractivity contribution in [2.45, 2.75) is 19.3 Å². The summed E-state index contributed by atoms with van der Waals surface area (Å²) in [6.45, 7) is -0.391. The van der Waals surface area contributed by atoms with E-state index in [-0.39, 0.29) is 11.1 Å². The van der Waals surface area contributed by atoms with Gasteiger partial charge in [-0.3, -0.25) is 4.79 Å². The third kappa shape index (κ3) is 4.65. The van der Waals surface area contributed by atoms with Crippen molar-refractivity contribution < 1.29 is 40.3 Å². The lowest BCUT2D eigenvalue weighted by atomic mass is 10.1. The van der Waals surface area contributed by atoms with Crippen molar-refractivity contribution in [3.05, 3.63) is 34.9 Å². The summed E-state index contributed by atoms with van der Waals surface area (Å²) in [6, 6.07) is 0.798. The number of ether oxygens (including phenoxy) is 1. The second kappa shape index (κ2) is 7.04. The monoisotopic (exact) mass is 400 g/mol. The first-order valence-corrected chi connectivity index (χ1v) is 7.07. The molecule has 0 fully saturated rings. The Balaban J connectivity index is 2.50. The number of nitrogens with one attached hydrogen (secondary N) is 1. The molecule has 1 heterocycles. The largest absolute Gasteiger partial charge is 0.467 e. The van der Waals surface area contributed by atoms with Gasteiger partial charge in [0.2, 0.25) is 0 Å². The van der Waals surface area contributed by atoms with Crippen LogP contribution in [0.3, 0.4) is 0 Å². The van der Waals surface area contributed by atoms with E-state index in [9.17, 15) is 35.5 Å². The van der Waals surface area contributed by atoms with E-state index < -0.39 is 48.1 Å². The molecule has 0 saturated heterocycles. The molecular weight excluding hydrogens is 389 g/mol. The van der Waals surface area contributed by atoms with Gasteiger partial charge in [0, 0.05) is 5.56 Å². The number of hydrogen-bond donors (Lipinski definition) is 1. The van der Waals surface area contributed by atoms with E-state index in [2.05, 4.69) is 14.8 Å². The third-order valence-corrected chi connectivity index (χ3v) is 3.23. The van der Waals surface area contributed by atoms with Crippen LogP contribution in [0.2, 0.25) is 0 Å². The molecule has 0 bridgehead atoms. The van der Waals surface area contributed by atoms with Crippen molar-refractivity contribution in [3.8, 4) is 11.7 Å². The summed E-state index contributed by atoms with van der Waals surface area (Å²) in [7, 11) is 0.962. The Morgan fingerprint density at radius 1 is 1.22 bits per heavy atom. The van der Waals surface area contributed by atoms with E-state index in [0.29, 0.717) is 4.68 Å². The molecule has 0 aliphatic heterocycles. The van der Waals surface area contributed by atoms with Crippen LogP contribution in [-0.2, 0) is 6.18 Å². The molecule has 1 amide bonds. The van der Waals surface area contributed by atoms with Crippen molar-refractivity contribution in [1.82, 2.24) is 20.1 Å². The average molecular weight is 400 g/mol. The highest BCUT2D eigenvalue weighted by Gasteiger charge is 2.38. The summed E-state index contributed by atoms with van der Waals surface area (Å²) < 4.78 is 94.2. The highest BCUT2D eigenvalue weighted by atomic mass is 19.4. The number of hydrogen-bond acceptors (Lipinski definition) is 4. The minimum absolute atomic E-state index is 0.0361. The molecule has 0 aliphatic rings. The summed E-state index contributed by atoms with van der Waals surface area (Å²) >= 11 is 0. The SMILES string of the molecule is COc1nc(C(F)(F)F)nn1-c1cc(C(=O)NCC(F)(F)F)c(C)cc1F. The maximum absolute atomic E-state index is 14.2. The Hall–Kier alpha value is -2.86. The van der Waals surface area contributed by atoms with Crippen LogP contribution in [0.15, 0.2) is 12.1 Å². The highest BCUT2D eigenvalue weighted by molar-refractivity contribution is 5.96. The molecule has 0 unspecified atom stereocenters. The maximum atomic E-state index is 14.2. The van der Waals surface area contributed by atoms with Gasteiger partial charge in [0.15, 0.2) is 0 Å². The van der Waals surface area contributed by atoms with Crippen LogP contribution in [0.4, 0.5) is 30.7 Å². The number of carbonyl (C=O) groups excluding carboxylic acids is 1. The smallest absolute Gasteiger partial charge is 0.453 e. The quantitative estimate of drug-likeness (QED) is 0.802. The molecule has 0 atom stereocenters. The van der Waals surface area contributed by atoms with Crippen molar-refractivity contribution in [3.63, 3.8) is 0 Å². The Morgan fingerprint density at radius 2 is 1.85 bits per heavy atom. The van der Waals surface area contributed by atoms with Gasteiger partial charge in [-0.15, -0.1) is 5.10 Å². The van der Waals surface area contributed by atoms with Crippen LogP contribution in [0.1, 0.15) is 21.7 Å². The molecule has 148 valence electrons. The molecule has 0 aliphatic carbocycles. The third-order valence-electron chi connectivity index (χ3n) is 3.23. The van der Waals surface area contributed by atoms with Gasteiger partial charge < -0.3 is 10.1 Å². The van der Waals surface area contributed by atoms with E-state index in [1.165, 1.54) is 6.92 Å². The van der Waals surface area contributed by atoms with Gasteiger partial charge in [-0.2, -0.15) is 36.0 Å². The second-order valence-electron chi connectivity index (χ2n) is 5.25. The number of aryl methyl sites for hydroxylation is 1. The van der Waals surface area contributed by atoms with Crippen LogP contribution in [0, 0.1) is 12.7 Å². The van der Waals surface area contributed by atoms with Gasteiger partial charge in [-0.05, 0) is 24.6 Å². The number of benzene rings is 1. The molecule has 6 nitrogen and oxygen atoms in total. The van der Waals surface area contributed by atoms with Gasteiger partial charge in [0.1, 0.15) is 18.0 Å². The predicted octanol–water partition coefficient (Wildman–Crippen LogP) is 3.03. The van der Waals surface area contributed by atoms with Crippen LogP contribution < -0.4 is 10.1 Å². The van der Waals surface area contributed by atoms with Crippen molar-refractivity contribution in [2.24, 2.45) is 0 Å². The lowest BCUT2D eigenvalue weighted by molar-refractivity contribution is -0.145. The second-order valence-corrected chi connectivity index (χ2v) is 5.25. The summed E-state index contributed by atoms with van der Waals surface area (Å²) in [5, 5.41) is 4.70. The summed E-state index contributed by atoms with van der Waals surface area (Å²) in [5.41, 5.74) is -1.08. The zero-order valence-electron chi connectivity index (χ0n) is 13.7. The zero-order valence-corrected chi connectivity index (χ0v) is 13.7. The van der Waals surface area contributed by atoms with Gasteiger partial charge in [-0.25, -0.2) is 4.39 Å². The Morgan fingerprint density at radius 3 is 2.37 bits per heavy atom. The topological polar surface area (TPSA) is 69.0 Å². The predicted molar refractivity (Wildman–Crippen MR) is 76.0 cm³/mol.